The molecule has 0 spiro atoms. The van der Waals surface area contributed by atoms with Gasteiger partial charge in [-0.1, -0.05) is 20.8 Å². The van der Waals surface area contributed by atoms with Crippen LogP contribution in [0.15, 0.2) is 29.3 Å². The Bertz CT molecular complexity index is 688. The van der Waals surface area contributed by atoms with Crippen molar-refractivity contribution in [2.75, 3.05) is 0 Å². The molecule has 2 rings (SSSR count). The molecule has 2 aromatic rings. The van der Waals surface area contributed by atoms with Crippen LogP contribution in [0.25, 0.3) is 0 Å². The Morgan fingerprint density at radius 2 is 1.32 bits per heavy atom. The van der Waals surface area contributed by atoms with Crippen molar-refractivity contribution in [1.82, 2.24) is 19.6 Å². The van der Waals surface area contributed by atoms with Gasteiger partial charge in [0.1, 0.15) is 0 Å². The fourth-order valence-electron chi connectivity index (χ4n) is 1.54. The van der Waals surface area contributed by atoms with Crippen molar-refractivity contribution < 1.29 is 18.6 Å². The van der Waals surface area contributed by atoms with Crippen molar-refractivity contribution in [2.45, 2.75) is 80.3 Å². The Kier molecular flexibility index (Phi) is 15.9. The third-order valence-electron chi connectivity index (χ3n) is 2.91. The minimum Gasteiger partial charge on any atom is -1.00 e. The van der Waals surface area contributed by atoms with Crippen LogP contribution in [0.5, 0.6) is 0 Å². The molecule has 0 bridgehead atoms. The summed E-state index contributed by atoms with van der Waals surface area (Å²) in [5.74, 6) is 0.894. The maximum absolute atomic E-state index is 10.9. The molecule has 0 radical (unpaired) electrons. The number of aromatic nitrogens is 4. The maximum Gasteiger partial charge on any atom is 2.00 e. The van der Waals surface area contributed by atoms with Gasteiger partial charge in [0.2, 0.25) is 0 Å². The summed E-state index contributed by atoms with van der Waals surface area (Å²) in [5.41, 5.74) is 0.713. The number of hydrogen-bond donors (Lipinski definition) is 0. The Morgan fingerprint density at radius 1 is 0.964 bits per heavy atom. The fourth-order valence-corrected chi connectivity index (χ4v) is 1.82. The standard InChI is InChI=1S/C9H14N2O.C7H11BrN2.C4H10.ClH.Mg.H/c1-7(12)8-5-10-11(6-8)9(2,3)4;1-7(2,3)10-5-6(8)4-9-10;1-4(2)3;;;/h5-6H,1-4H3;4-5H,1-3H3;4H,1-3H3;1H;;/q;;;;+2;-1/p-1. The Morgan fingerprint density at radius 3 is 1.50 bits per heavy atom. The summed E-state index contributed by atoms with van der Waals surface area (Å²) >= 11 is 3.34. The normalized spacial score (nSPS) is 10.6. The summed E-state index contributed by atoms with van der Waals surface area (Å²) in [6.45, 7) is 20.5. The molecular formula is C20H36BrClMgN4O. The van der Waals surface area contributed by atoms with Gasteiger partial charge in [-0.2, -0.15) is 10.2 Å². The van der Waals surface area contributed by atoms with Gasteiger partial charge in [-0.3, -0.25) is 14.2 Å². The summed E-state index contributed by atoms with van der Waals surface area (Å²) in [5, 5.41) is 8.26. The number of carbonyl (C=O) groups excluding carboxylic acids is 1. The Balaban J connectivity index is -0.000000169. The molecule has 2 heterocycles. The quantitative estimate of drug-likeness (QED) is 0.459. The second-order valence-electron chi connectivity index (χ2n) is 8.91. The molecule has 0 aliphatic heterocycles. The molecule has 0 aliphatic carbocycles. The summed E-state index contributed by atoms with van der Waals surface area (Å²) < 4.78 is 4.75. The molecule has 0 aliphatic rings. The van der Waals surface area contributed by atoms with Gasteiger partial charge in [-0.15, -0.1) is 0 Å². The van der Waals surface area contributed by atoms with E-state index < -0.39 is 0 Å². The molecule has 0 aromatic carbocycles. The summed E-state index contributed by atoms with van der Waals surface area (Å²) in [7, 11) is 0. The van der Waals surface area contributed by atoms with Crippen molar-refractivity contribution in [3.63, 3.8) is 0 Å². The van der Waals surface area contributed by atoms with Crippen molar-refractivity contribution in [3.05, 3.63) is 34.8 Å². The average Bonchev–Trinajstić information content (AvgIpc) is 3.05. The summed E-state index contributed by atoms with van der Waals surface area (Å²) in [4.78, 5) is 10.9. The van der Waals surface area contributed by atoms with Gasteiger partial charge >= 0.3 is 23.1 Å². The van der Waals surface area contributed by atoms with Crippen LogP contribution in [0.1, 0.15) is 81.0 Å². The van der Waals surface area contributed by atoms with Gasteiger partial charge in [0, 0.05) is 12.4 Å². The smallest absolute Gasteiger partial charge is 1.00 e. The van der Waals surface area contributed by atoms with E-state index >= 15 is 0 Å². The van der Waals surface area contributed by atoms with E-state index in [1.807, 2.05) is 31.6 Å². The van der Waals surface area contributed by atoms with Crippen LogP contribution in [0.4, 0.5) is 0 Å². The van der Waals surface area contributed by atoms with Gasteiger partial charge in [0.25, 0.3) is 0 Å². The molecule has 0 saturated carbocycles. The van der Waals surface area contributed by atoms with E-state index in [1.54, 1.807) is 30.2 Å². The summed E-state index contributed by atoms with van der Waals surface area (Å²) in [6.07, 6.45) is 7.15. The molecule has 2 aromatic heterocycles. The number of carbonyl (C=O) groups is 1. The summed E-state index contributed by atoms with van der Waals surface area (Å²) in [6, 6.07) is 0. The van der Waals surface area contributed by atoms with Crippen LogP contribution >= 0.6 is 15.9 Å². The zero-order chi connectivity index (χ0) is 20.7. The van der Waals surface area contributed by atoms with Crippen LogP contribution in [0, 0.1) is 5.92 Å². The van der Waals surface area contributed by atoms with Crippen molar-refractivity contribution in [1.29, 1.82) is 0 Å². The third-order valence-corrected chi connectivity index (χ3v) is 3.32. The van der Waals surface area contributed by atoms with Gasteiger partial charge < -0.3 is 13.8 Å². The first-order valence-corrected chi connectivity index (χ1v) is 9.70. The Labute approximate surface area is 203 Å². The second-order valence-corrected chi connectivity index (χ2v) is 9.82. The monoisotopic (exact) mass is 486 g/mol. The number of ketones is 1. The molecule has 0 saturated heterocycles. The van der Waals surface area contributed by atoms with Crippen LogP contribution < -0.4 is 12.4 Å². The number of nitrogens with zero attached hydrogens (tertiary/aromatic N) is 4. The molecule has 28 heavy (non-hydrogen) atoms. The second kappa shape index (κ2) is 13.8. The van der Waals surface area contributed by atoms with E-state index in [4.69, 9.17) is 0 Å². The SMILES string of the molecule is CC(=O)c1cnn(C(C)(C)C)c1.CC(C)(C)n1cc(Br)cn1.CC(C)C.[Cl-].[H-].[Mg+2]. The first-order chi connectivity index (χ1) is 11.6. The molecule has 0 atom stereocenters. The average molecular weight is 488 g/mol. The molecule has 0 N–H and O–H groups in total. The minimum absolute atomic E-state index is 0. The van der Waals surface area contributed by atoms with Crippen LogP contribution in [0.3, 0.4) is 0 Å². The van der Waals surface area contributed by atoms with Crippen molar-refractivity contribution in [2.24, 2.45) is 5.92 Å². The van der Waals surface area contributed by atoms with E-state index in [1.165, 1.54) is 0 Å². The van der Waals surface area contributed by atoms with Crippen LogP contribution in [-0.2, 0) is 11.1 Å². The maximum atomic E-state index is 10.9. The van der Waals surface area contributed by atoms with E-state index in [2.05, 4.69) is 67.7 Å². The fraction of sp³-hybridized carbons (Fsp3) is 0.650. The zero-order valence-electron chi connectivity index (χ0n) is 20.0. The number of Topliss-reactive ketones (excluding diaryl/α,β-unsaturated/α-hetero) is 1. The topological polar surface area (TPSA) is 52.7 Å². The predicted molar refractivity (Wildman–Crippen MR) is 120 cm³/mol. The van der Waals surface area contributed by atoms with Crippen molar-refractivity contribution in [3.8, 4) is 0 Å². The first-order valence-electron chi connectivity index (χ1n) is 8.91. The van der Waals surface area contributed by atoms with Gasteiger partial charge in [-0.05, 0) is 70.3 Å². The van der Waals surface area contributed by atoms with E-state index in [0.717, 1.165) is 10.4 Å². The molecule has 0 fully saturated rings. The van der Waals surface area contributed by atoms with Crippen LogP contribution in [-0.4, -0.2) is 48.4 Å². The zero-order valence-corrected chi connectivity index (χ0v) is 22.8. The van der Waals surface area contributed by atoms with Gasteiger partial charge in [0.05, 0.1) is 33.5 Å². The number of hydrogen-bond acceptors (Lipinski definition) is 3. The number of rotatable bonds is 1. The molecule has 8 heteroatoms. The minimum atomic E-state index is -0.0479. The van der Waals surface area contributed by atoms with E-state index in [0.29, 0.717) is 5.56 Å². The Hall–Kier alpha value is -0.374. The van der Waals surface area contributed by atoms with E-state index in [9.17, 15) is 4.79 Å². The largest absolute Gasteiger partial charge is 2.00 e. The van der Waals surface area contributed by atoms with Gasteiger partial charge in [0.15, 0.2) is 5.78 Å². The first kappa shape index (κ1) is 32.3. The van der Waals surface area contributed by atoms with Crippen molar-refractivity contribution >= 4 is 44.8 Å². The molecular weight excluding hydrogens is 452 g/mol. The van der Waals surface area contributed by atoms with Crippen LogP contribution in [0.2, 0.25) is 0 Å². The third kappa shape index (κ3) is 13.7. The van der Waals surface area contributed by atoms with Gasteiger partial charge in [-0.25, -0.2) is 0 Å². The molecule has 5 nitrogen and oxygen atoms in total. The number of halogens is 2. The molecule has 158 valence electrons. The molecule has 0 unspecified atom stereocenters. The predicted octanol–water partition coefficient (Wildman–Crippen LogP) is 2.64. The molecule has 0 amide bonds. The van der Waals surface area contributed by atoms with E-state index in [-0.39, 0.29) is 53.7 Å².